The fourth-order valence-electron chi connectivity index (χ4n) is 3.45. The lowest BCUT2D eigenvalue weighted by molar-refractivity contribution is -0.142. The first-order valence-corrected chi connectivity index (χ1v) is 12.5. The van der Waals surface area contributed by atoms with E-state index in [-0.39, 0.29) is 17.7 Å². The first kappa shape index (κ1) is 26.6. The van der Waals surface area contributed by atoms with E-state index in [2.05, 4.69) is 15.4 Å². The van der Waals surface area contributed by atoms with E-state index in [1.165, 1.54) is 27.2 Å². The largest absolute Gasteiger partial charge is 0.468 e. The van der Waals surface area contributed by atoms with Gasteiger partial charge in [-0.1, -0.05) is 60.7 Å². The molecule has 0 aliphatic rings. The Morgan fingerprint density at radius 3 is 1.78 bits per heavy atom. The van der Waals surface area contributed by atoms with Crippen LogP contribution in [0.1, 0.15) is 27.6 Å². The van der Waals surface area contributed by atoms with Crippen molar-refractivity contribution in [3.05, 3.63) is 90.0 Å². The van der Waals surface area contributed by atoms with Crippen molar-refractivity contribution in [1.29, 1.82) is 0 Å². The van der Waals surface area contributed by atoms with Crippen LogP contribution in [-0.4, -0.2) is 50.6 Å². The summed E-state index contributed by atoms with van der Waals surface area (Å²) in [6.45, 7) is 1.20. The molecule has 0 saturated carbocycles. The Labute approximate surface area is 210 Å². The molecule has 3 aromatic carbocycles. The van der Waals surface area contributed by atoms with Crippen LogP contribution in [0.25, 0.3) is 0 Å². The summed E-state index contributed by atoms with van der Waals surface area (Å²) in [6.07, 6.45) is 0. The van der Waals surface area contributed by atoms with Crippen molar-refractivity contribution in [3.8, 4) is 0 Å². The normalized spacial score (nSPS) is 11.3. The lowest BCUT2D eigenvalue weighted by Crippen LogP contribution is -2.39. The Hall–Kier alpha value is -4.03. The number of methoxy groups -OCH3 is 2. The zero-order chi connectivity index (χ0) is 26.1. The molecule has 2 amide bonds. The molecule has 0 heterocycles. The number of hydrogen-bond donors (Lipinski definition) is 2. The Balaban J connectivity index is 2.10. The van der Waals surface area contributed by atoms with Crippen molar-refractivity contribution in [1.82, 2.24) is 10.6 Å². The van der Waals surface area contributed by atoms with Gasteiger partial charge in [-0.05, 0) is 49.0 Å². The van der Waals surface area contributed by atoms with Crippen molar-refractivity contribution in [3.63, 3.8) is 0 Å². The van der Waals surface area contributed by atoms with Crippen molar-refractivity contribution < 1.29 is 28.7 Å². The molecule has 3 rings (SSSR count). The van der Waals surface area contributed by atoms with Crippen LogP contribution in [0.5, 0.6) is 0 Å². The van der Waals surface area contributed by atoms with Crippen molar-refractivity contribution >= 4 is 47.6 Å². The number of ether oxygens (including phenoxy) is 2. The average Bonchev–Trinajstić information content (AvgIpc) is 2.92. The molecule has 0 aliphatic heterocycles. The van der Waals surface area contributed by atoms with E-state index in [9.17, 15) is 19.2 Å². The zero-order valence-corrected chi connectivity index (χ0v) is 21.1. The summed E-state index contributed by atoms with van der Waals surface area (Å²) in [5, 5.41) is 7.93. The molecule has 0 saturated heterocycles. The first-order valence-electron chi connectivity index (χ1n) is 11.1. The molecular formula is C27H27N2O6P. The maximum Gasteiger partial charge on any atom is 0.328 e. The van der Waals surface area contributed by atoms with Gasteiger partial charge in [0, 0.05) is 11.1 Å². The van der Waals surface area contributed by atoms with Crippen molar-refractivity contribution in [2.75, 3.05) is 20.8 Å². The van der Waals surface area contributed by atoms with E-state index in [1.54, 1.807) is 12.1 Å². The van der Waals surface area contributed by atoms with E-state index in [0.29, 0.717) is 0 Å². The minimum absolute atomic E-state index is 0.200. The fourth-order valence-corrected chi connectivity index (χ4v) is 5.82. The quantitative estimate of drug-likeness (QED) is 0.337. The summed E-state index contributed by atoms with van der Waals surface area (Å²) < 4.78 is 9.29. The van der Waals surface area contributed by atoms with Crippen LogP contribution in [0.3, 0.4) is 0 Å². The number of rotatable bonds is 9. The van der Waals surface area contributed by atoms with Gasteiger partial charge < -0.3 is 20.1 Å². The van der Waals surface area contributed by atoms with E-state index >= 15 is 0 Å². The van der Waals surface area contributed by atoms with Crippen LogP contribution < -0.4 is 26.5 Å². The summed E-state index contributed by atoms with van der Waals surface area (Å²) in [5.41, 5.74) is 0.400. The number of benzene rings is 3. The van der Waals surface area contributed by atoms with Gasteiger partial charge in [0.15, 0.2) is 0 Å². The number of nitrogens with one attached hydrogen (secondary N) is 2. The Morgan fingerprint density at radius 1 is 0.750 bits per heavy atom. The van der Waals surface area contributed by atoms with Gasteiger partial charge in [-0.25, -0.2) is 4.79 Å². The van der Waals surface area contributed by atoms with Crippen LogP contribution >= 0.6 is 7.92 Å². The highest BCUT2D eigenvalue weighted by Gasteiger charge is 2.23. The zero-order valence-electron chi connectivity index (χ0n) is 20.2. The van der Waals surface area contributed by atoms with E-state index in [1.807, 2.05) is 60.7 Å². The molecule has 0 aliphatic carbocycles. The molecule has 0 bridgehead atoms. The maximum absolute atomic E-state index is 13.1. The third kappa shape index (κ3) is 6.77. The molecule has 3 aromatic rings. The predicted octanol–water partition coefficient (Wildman–Crippen LogP) is 1.64. The molecule has 9 heteroatoms. The monoisotopic (exact) mass is 506 g/mol. The van der Waals surface area contributed by atoms with Gasteiger partial charge in [0.05, 0.1) is 14.2 Å². The SMILES string of the molecule is COC(=O)CNC(=O)c1cc(C(=O)N[C@@H](C)C(=O)OC)cc(P(c2ccccc2)c2ccccc2)c1. The highest BCUT2D eigenvalue weighted by atomic mass is 31.1. The van der Waals surface area contributed by atoms with Crippen LogP contribution in [0.2, 0.25) is 0 Å². The van der Waals surface area contributed by atoms with Gasteiger partial charge in [0.25, 0.3) is 11.8 Å². The van der Waals surface area contributed by atoms with Crippen molar-refractivity contribution in [2.24, 2.45) is 0 Å². The number of esters is 2. The molecule has 0 fully saturated rings. The topological polar surface area (TPSA) is 111 Å². The Morgan fingerprint density at radius 2 is 1.28 bits per heavy atom. The minimum atomic E-state index is -1.13. The smallest absolute Gasteiger partial charge is 0.328 e. The Kier molecular flexibility index (Phi) is 9.31. The fraction of sp³-hybridized carbons (Fsp3) is 0.185. The molecular weight excluding hydrogens is 479 g/mol. The number of amides is 2. The number of carbonyl (C=O) groups excluding carboxylic acids is 4. The lowest BCUT2D eigenvalue weighted by atomic mass is 10.1. The van der Waals surface area contributed by atoms with Crippen LogP contribution in [0.4, 0.5) is 0 Å². The summed E-state index contributed by atoms with van der Waals surface area (Å²) in [4.78, 5) is 49.4. The molecule has 186 valence electrons. The second-order valence-corrected chi connectivity index (χ2v) is 9.97. The van der Waals surface area contributed by atoms with Gasteiger partial charge >= 0.3 is 11.9 Å². The van der Waals surface area contributed by atoms with Gasteiger partial charge in [0.1, 0.15) is 12.6 Å². The van der Waals surface area contributed by atoms with Gasteiger partial charge in [-0.3, -0.25) is 14.4 Å². The molecule has 1 atom stereocenters. The van der Waals surface area contributed by atoms with Crippen LogP contribution in [0, 0.1) is 0 Å². The lowest BCUT2D eigenvalue weighted by Gasteiger charge is -2.21. The first-order chi connectivity index (χ1) is 17.3. The molecule has 36 heavy (non-hydrogen) atoms. The number of hydrogen-bond acceptors (Lipinski definition) is 6. The number of carbonyl (C=O) groups is 4. The predicted molar refractivity (Wildman–Crippen MR) is 138 cm³/mol. The molecule has 0 spiro atoms. The average molecular weight is 506 g/mol. The van der Waals surface area contributed by atoms with Gasteiger partial charge in [0.2, 0.25) is 0 Å². The van der Waals surface area contributed by atoms with E-state index < -0.39 is 37.7 Å². The highest BCUT2D eigenvalue weighted by Crippen LogP contribution is 2.33. The Bertz CT molecular complexity index is 1190. The standard InChI is InChI=1S/C27H27N2O6P/c1-18(27(33)35-3)29-26(32)20-14-19(25(31)28-17-24(30)34-2)15-23(16-20)36(21-10-6-4-7-11-21)22-12-8-5-9-13-22/h4-16,18H,17H2,1-3H3,(H,28,31)(H,29,32)/t18-/m0/s1. The summed E-state index contributed by atoms with van der Waals surface area (Å²) in [7, 11) is 1.34. The van der Waals surface area contributed by atoms with E-state index in [4.69, 9.17) is 4.74 Å². The second kappa shape index (κ2) is 12.6. The molecule has 2 N–H and O–H groups in total. The highest BCUT2D eigenvalue weighted by molar-refractivity contribution is 7.79. The molecule has 0 unspecified atom stereocenters. The summed E-state index contributed by atoms with van der Waals surface area (Å²) in [5.74, 6) is -2.26. The molecule has 0 aromatic heterocycles. The summed E-state index contributed by atoms with van der Waals surface area (Å²) >= 11 is 0. The molecule has 0 radical (unpaired) electrons. The maximum atomic E-state index is 13.1. The van der Waals surface area contributed by atoms with Gasteiger partial charge in [-0.2, -0.15) is 0 Å². The second-order valence-electron chi connectivity index (χ2n) is 7.75. The van der Waals surface area contributed by atoms with Crippen LogP contribution in [-0.2, 0) is 19.1 Å². The summed E-state index contributed by atoms with van der Waals surface area (Å²) in [6, 6.07) is 23.6. The van der Waals surface area contributed by atoms with Crippen LogP contribution in [0.15, 0.2) is 78.9 Å². The third-order valence-electron chi connectivity index (χ3n) is 5.25. The van der Waals surface area contributed by atoms with E-state index in [0.717, 1.165) is 15.9 Å². The van der Waals surface area contributed by atoms with Crippen molar-refractivity contribution in [2.45, 2.75) is 13.0 Å². The molecule has 8 nitrogen and oxygen atoms in total. The van der Waals surface area contributed by atoms with Gasteiger partial charge in [-0.15, -0.1) is 0 Å². The minimum Gasteiger partial charge on any atom is -0.468 e. The third-order valence-corrected chi connectivity index (χ3v) is 7.66.